The number of rotatable bonds is 7. The second-order valence-corrected chi connectivity index (χ2v) is 7.10. The van der Waals surface area contributed by atoms with Crippen LogP contribution in [0.1, 0.15) is 30.1 Å². The number of ketones is 1. The highest BCUT2D eigenvalue weighted by atomic mass is 16.3. The van der Waals surface area contributed by atoms with E-state index in [0.29, 0.717) is 12.0 Å². The van der Waals surface area contributed by atoms with E-state index in [1.807, 2.05) is 6.07 Å². The third-order valence-corrected chi connectivity index (χ3v) is 5.00. The first-order chi connectivity index (χ1) is 13.5. The Kier molecular flexibility index (Phi) is 6.66. The van der Waals surface area contributed by atoms with E-state index in [4.69, 9.17) is 0 Å². The van der Waals surface area contributed by atoms with Crippen LogP contribution in [0.5, 0.6) is 5.75 Å². The number of hydrogen-bond acceptors (Lipinski definition) is 5. The monoisotopic (exact) mass is 381 g/mol. The van der Waals surface area contributed by atoms with Crippen LogP contribution in [0.2, 0.25) is 0 Å². The number of phenols is 1. The molecule has 6 heteroatoms. The molecule has 0 spiro atoms. The Bertz CT molecular complexity index is 815. The number of amides is 1. The lowest BCUT2D eigenvalue weighted by molar-refractivity contribution is -0.114. The van der Waals surface area contributed by atoms with E-state index in [0.717, 1.165) is 39.1 Å². The number of nitrogens with zero attached hydrogens (tertiary/aromatic N) is 2. The number of aromatic hydroxyl groups is 1. The van der Waals surface area contributed by atoms with Crippen LogP contribution in [0.15, 0.2) is 48.5 Å². The zero-order valence-electron chi connectivity index (χ0n) is 16.2. The number of carbonyl (C=O) groups excluding carboxylic acids is 2. The maximum atomic E-state index is 12.5. The fraction of sp³-hybridized carbons (Fsp3) is 0.364. The minimum atomic E-state index is -0.283. The van der Waals surface area contributed by atoms with E-state index in [9.17, 15) is 14.7 Å². The first kappa shape index (κ1) is 19.9. The highest BCUT2D eigenvalue weighted by molar-refractivity contribution is 5.99. The van der Waals surface area contributed by atoms with Crippen LogP contribution in [0.25, 0.3) is 0 Å². The molecule has 0 atom stereocenters. The van der Waals surface area contributed by atoms with Gasteiger partial charge in [-0.25, -0.2) is 0 Å². The summed E-state index contributed by atoms with van der Waals surface area (Å²) in [4.78, 5) is 28.4. The summed E-state index contributed by atoms with van der Waals surface area (Å²) in [6.45, 7) is 6.24. The molecule has 0 bridgehead atoms. The maximum Gasteiger partial charge on any atom is 0.221 e. The van der Waals surface area contributed by atoms with E-state index >= 15 is 0 Å². The largest absolute Gasteiger partial charge is 0.506 e. The van der Waals surface area contributed by atoms with Crippen molar-refractivity contribution < 1.29 is 14.7 Å². The molecule has 1 amide bonds. The van der Waals surface area contributed by atoms with Gasteiger partial charge in [0.15, 0.2) is 5.78 Å². The van der Waals surface area contributed by atoms with Gasteiger partial charge in [0, 0.05) is 50.8 Å². The van der Waals surface area contributed by atoms with Crippen LogP contribution < -0.4 is 10.2 Å². The number of Topliss-reactive ketones (excluding diaryl/α,β-unsaturated/α-hetero) is 1. The van der Waals surface area contributed by atoms with Crippen LogP contribution in [-0.2, 0) is 4.79 Å². The molecule has 1 heterocycles. The Labute approximate surface area is 165 Å². The maximum absolute atomic E-state index is 12.5. The Hall–Kier alpha value is -2.86. The molecule has 2 N–H and O–H groups in total. The highest BCUT2D eigenvalue weighted by Crippen LogP contribution is 2.25. The van der Waals surface area contributed by atoms with Crippen LogP contribution in [0.4, 0.5) is 11.4 Å². The van der Waals surface area contributed by atoms with Crippen molar-refractivity contribution >= 4 is 23.1 Å². The molecule has 0 aliphatic carbocycles. The van der Waals surface area contributed by atoms with Crippen molar-refractivity contribution in [3.05, 3.63) is 54.1 Å². The van der Waals surface area contributed by atoms with Crippen LogP contribution in [0, 0.1) is 0 Å². The average molecular weight is 381 g/mol. The molecule has 28 heavy (non-hydrogen) atoms. The minimum absolute atomic E-state index is 0.0227. The lowest BCUT2D eigenvalue weighted by Crippen LogP contribution is -2.46. The smallest absolute Gasteiger partial charge is 0.221 e. The lowest BCUT2D eigenvalue weighted by atomic mass is 10.0. The number of hydrogen-bond donors (Lipinski definition) is 2. The quantitative estimate of drug-likeness (QED) is 0.569. The third-order valence-electron chi connectivity index (χ3n) is 5.00. The second-order valence-electron chi connectivity index (χ2n) is 7.10. The van der Waals surface area contributed by atoms with E-state index in [1.54, 1.807) is 6.07 Å². The van der Waals surface area contributed by atoms with Crippen LogP contribution >= 0.6 is 0 Å². The Morgan fingerprint density at radius 1 is 1.04 bits per heavy atom. The molecule has 6 nitrogen and oxygen atoms in total. The van der Waals surface area contributed by atoms with E-state index in [-0.39, 0.29) is 23.1 Å². The van der Waals surface area contributed by atoms with Crippen molar-refractivity contribution in [2.75, 3.05) is 42.9 Å². The van der Waals surface area contributed by atoms with Gasteiger partial charge in [-0.2, -0.15) is 0 Å². The van der Waals surface area contributed by atoms with Gasteiger partial charge in [-0.05, 0) is 43.3 Å². The van der Waals surface area contributed by atoms with Gasteiger partial charge in [0.2, 0.25) is 5.91 Å². The number of phenolic OH excluding ortho intramolecular Hbond substituents is 1. The standard InChI is InChI=1S/C22H27N3O3/c1-17(26)23-20-16-18(9-10-22(20)28)21(27)8-5-11-24-12-14-25(15-13-24)19-6-3-2-4-7-19/h2-4,6-7,9-10,16,28H,5,8,11-15H2,1H3,(H,23,26). The highest BCUT2D eigenvalue weighted by Gasteiger charge is 2.17. The van der Waals surface area contributed by atoms with E-state index in [1.165, 1.54) is 24.7 Å². The van der Waals surface area contributed by atoms with Gasteiger partial charge >= 0.3 is 0 Å². The molecule has 2 aromatic carbocycles. The van der Waals surface area contributed by atoms with Crippen molar-refractivity contribution in [3.63, 3.8) is 0 Å². The Morgan fingerprint density at radius 2 is 1.75 bits per heavy atom. The minimum Gasteiger partial charge on any atom is -0.506 e. The molecule has 0 radical (unpaired) electrons. The Balaban J connectivity index is 1.44. The number of para-hydroxylation sites is 1. The molecule has 3 rings (SSSR count). The van der Waals surface area contributed by atoms with E-state index in [2.05, 4.69) is 39.4 Å². The summed E-state index contributed by atoms with van der Waals surface area (Å²) >= 11 is 0. The number of piperazine rings is 1. The molecule has 1 aliphatic rings. The zero-order chi connectivity index (χ0) is 19.9. The molecule has 1 aliphatic heterocycles. The van der Waals surface area contributed by atoms with Gasteiger partial charge in [-0.1, -0.05) is 18.2 Å². The van der Waals surface area contributed by atoms with Crippen LogP contribution in [-0.4, -0.2) is 54.4 Å². The van der Waals surface area contributed by atoms with Crippen molar-refractivity contribution in [3.8, 4) is 5.75 Å². The molecule has 0 unspecified atom stereocenters. The summed E-state index contributed by atoms with van der Waals surface area (Å²) < 4.78 is 0. The predicted octanol–water partition coefficient (Wildman–Crippen LogP) is 3.14. The molecule has 148 valence electrons. The molecular formula is C22H27N3O3. The molecule has 0 aromatic heterocycles. The van der Waals surface area contributed by atoms with Gasteiger partial charge in [-0.3, -0.25) is 14.5 Å². The summed E-state index contributed by atoms with van der Waals surface area (Å²) in [5.74, 6) is -0.299. The van der Waals surface area contributed by atoms with Gasteiger partial charge in [0.1, 0.15) is 5.75 Å². The number of benzene rings is 2. The molecule has 1 saturated heterocycles. The summed E-state index contributed by atoms with van der Waals surface area (Å²) in [5, 5.41) is 12.3. The van der Waals surface area contributed by atoms with Crippen molar-refractivity contribution in [2.45, 2.75) is 19.8 Å². The average Bonchev–Trinajstić information content (AvgIpc) is 2.70. The molecule has 1 fully saturated rings. The first-order valence-corrected chi connectivity index (χ1v) is 9.69. The molecule has 0 saturated carbocycles. The third kappa shape index (κ3) is 5.33. The molecule has 2 aromatic rings. The number of nitrogens with one attached hydrogen (secondary N) is 1. The van der Waals surface area contributed by atoms with Gasteiger partial charge in [0.25, 0.3) is 0 Å². The fourth-order valence-corrected chi connectivity index (χ4v) is 3.48. The zero-order valence-corrected chi connectivity index (χ0v) is 16.2. The summed E-state index contributed by atoms with van der Waals surface area (Å²) in [6.07, 6.45) is 1.24. The van der Waals surface area contributed by atoms with Gasteiger partial charge in [-0.15, -0.1) is 0 Å². The summed E-state index contributed by atoms with van der Waals surface area (Å²) in [7, 11) is 0. The lowest BCUT2D eigenvalue weighted by Gasteiger charge is -2.36. The van der Waals surface area contributed by atoms with E-state index < -0.39 is 0 Å². The normalized spacial score (nSPS) is 14.7. The van der Waals surface area contributed by atoms with Crippen LogP contribution in [0.3, 0.4) is 0 Å². The second kappa shape index (κ2) is 9.37. The number of anilines is 2. The van der Waals surface area contributed by atoms with Crippen molar-refractivity contribution in [1.29, 1.82) is 0 Å². The molecular weight excluding hydrogens is 354 g/mol. The summed E-state index contributed by atoms with van der Waals surface area (Å²) in [6, 6.07) is 15.0. The fourth-order valence-electron chi connectivity index (χ4n) is 3.48. The van der Waals surface area contributed by atoms with Gasteiger partial charge in [0.05, 0.1) is 5.69 Å². The summed E-state index contributed by atoms with van der Waals surface area (Å²) in [5.41, 5.74) is 2.05. The first-order valence-electron chi connectivity index (χ1n) is 9.69. The SMILES string of the molecule is CC(=O)Nc1cc(C(=O)CCCN2CCN(c3ccccc3)CC2)ccc1O. The van der Waals surface area contributed by atoms with Crippen molar-refractivity contribution in [2.24, 2.45) is 0 Å². The predicted molar refractivity (Wildman–Crippen MR) is 111 cm³/mol. The van der Waals surface area contributed by atoms with Crippen molar-refractivity contribution in [1.82, 2.24) is 4.90 Å². The van der Waals surface area contributed by atoms with Gasteiger partial charge < -0.3 is 15.3 Å². The topological polar surface area (TPSA) is 72.9 Å². The number of carbonyl (C=O) groups is 2. The Morgan fingerprint density at radius 3 is 2.43 bits per heavy atom.